The summed E-state index contributed by atoms with van der Waals surface area (Å²) in [7, 11) is 0. The molecule has 19 heavy (non-hydrogen) atoms. The Morgan fingerprint density at radius 3 is 2.95 bits per heavy atom. The van der Waals surface area contributed by atoms with Crippen LogP contribution in [0.5, 0.6) is 0 Å². The van der Waals surface area contributed by atoms with Crippen molar-refractivity contribution in [3.8, 4) is 0 Å². The van der Waals surface area contributed by atoms with E-state index in [1.54, 1.807) is 13.0 Å². The normalized spacial score (nSPS) is 10.4. The molecule has 0 saturated carbocycles. The van der Waals surface area contributed by atoms with Crippen molar-refractivity contribution in [1.29, 1.82) is 0 Å². The maximum atomic E-state index is 13.0. The molecule has 0 saturated heterocycles. The first-order chi connectivity index (χ1) is 9.08. The van der Waals surface area contributed by atoms with Crippen molar-refractivity contribution in [1.82, 2.24) is 15.5 Å². The molecule has 0 spiro atoms. The SMILES string of the molecule is Cc1[nH]nc(C(=O)NCCc2cccc(F)c2)c1N. The maximum Gasteiger partial charge on any atom is 0.273 e. The van der Waals surface area contributed by atoms with Gasteiger partial charge in [-0.15, -0.1) is 0 Å². The molecule has 100 valence electrons. The number of carbonyl (C=O) groups excluding carboxylic acids is 1. The van der Waals surface area contributed by atoms with Crippen molar-refractivity contribution in [2.24, 2.45) is 0 Å². The van der Waals surface area contributed by atoms with E-state index < -0.39 is 0 Å². The van der Waals surface area contributed by atoms with Crippen LogP contribution in [0, 0.1) is 12.7 Å². The number of anilines is 1. The van der Waals surface area contributed by atoms with Crippen molar-refractivity contribution in [2.45, 2.75) is 13.3 Å². The van der Waals surface area contributed by atoms with Gasteiger partial charge < -0.3 is 11.1 Å². The Labute approximate surface area is 110 Å². The van der Waals surface area contributed by atoms with Crippen LogP contribution < -0.4 is 11.1 Å². The molecule has 0 aliphatic rings. The number of nitrogens with zero attached hydrogens (tertiary/aromatic N) is 1. The largest absolute Gasteiger partial charge is 0.395 e. The highest BCUT2D eigenvalue weighted by atomic mass is 19.1. The molecular weight excluding hydrogens is 247 g/mol. The lowest BCUT2D eigenvalue weighted by Gasteiger charge is -2.04. The molecule has 2 aromatic rings. The summed E-state index contributed by atoms with van der Waals surface area (Å²) in [6.45, 7) is 2.14. The molecule has 1 aromatic heterocycles. The minimum atomic E-state index is -0.335. The van der Waals surface area contributed by atoms with Crippen LogP contribution in [-0.4, -0.2) is 22.6 Å². The third kappa shape index (κ3) is 3.09. The number of H-pyrrole nitrogens is 1. The molecule has 1 heterocycles. The number of rotatable bonds is 4. The summed E-state index contributed by atoms with van der Waals surface area (Å²) in [4.78, 5) is 11.8. The van der Waals surface area contributed by atoms with Gasteiger partial charge in [-0.3, -0.25) is 9.89 Å². The number of hydrogen-bond donors (Lipinski definition) is 3. The van der Waals surface area contributed by atoms with Crippen LogP contribution in [0.2, 0.25) is 0 Å². The third-order valence-electron chi connectivity index (χ3n) is 2.80. The second-order valence-corrected chi connectivity index (χ2v) is 4.25. The predicted octanol–water partition coefficient (Wildman–Crippen LogP) is 1.41. The standard InChI is InChI=1S/C13H15FN4O/c1-8-11(15)12(18-17-8)13(19)16-6-5-9-3-2-4-10(14)7-9/h2-4,7H,5-6,15H2,1H3,(H,16,19)(H,17,18). The Morgan fingerprint density at radius 1 is 1.53 bits per heavy atom. The van der Waals surface area contributed by atoms with E-state index in [4.69, 9.17) is 5.73 Å². The molecule has 0 atom stereocenters. The number of aromatic nitrogens is 2. The van der Waals surface area contributed by atoms with E-state index >= 15 is 0 Å². The van der Waals surface area contributed by atoms with Crippen LogP contribution in [-0.2, 0) is 6.42 Å². The van der Waals surface area contributed by atoms with E-state index in [2.05, 4.69) is 15.5 Å². The molecule has 0 aliphatic heterocycles. The van der Waals surface area contributed by atoms with Crippen molar-refractivity contribution in [3.63, 3.8) is 0 Å². The molecule has 0 radical (unpaired) electrons. The summed E-state index contributed by atoms with van der Waals surface area (Å²) in [5.74, 6) is -0.616. The van der Waals surface area contributed by atoms with E-state index in [1.807, 2.05) is 6.07 Å². The predicted molar refractivity (Wildman–Crippen MR) is 70.2 cm³/mol. The summed E-state index contributed by atoms with van der Waals surface area (Å²) in [5, 5.41) is 9.18. The van der Waals surface area contributed by atoms with Crippen LogP contribution in [0.25, 0.3) is 0 Å². The molecule has 4 N–H and O–H groups in total. The molecule has 0 bridgehead atoms. The van der Waals surface area contributed by atoms with E-state index in [1.165, 1.54) is 12.1 Å². The van der Waals surface area contributed by atoms with Crippen LogP contribution in [0.4, 0.5) is 10.1 Å². The number of nitrogen functional groups attached to an aromatic ring is 1. The van der Waals surface area contributed by atoms with Gasteiger partial charge in [0, 0.05) is 6.54 Å². The zero-order valence-electron chi connectivity index (χ0n) is 10.5. The highest BCUT2D eigenvalue weighted by Crippen LogP contribution is 2.11. The molecule has 6 heteroatoms. The van der Waals surface area contributed by atoms with E-state index in [0.29, 0.717) is 24.3 Å². The molecule has 0 fully saturated rings. The van der Waals surface area contributed by atoms with Crippen molar-refractivity contribution in [2.75, 3.05) is 12.3 Å². The number of nitrogens with one attached hydrogen (secondary N) is 2. The number of aryl methyl sites for hydroxylation is 1. The Balaban J connectivity index is 1.89. The number of hydrogen-bond acceptors (Lipinski definition) is 3. The smallest absolute Gasteiger partial charge is 0.273 e. The van der Waals surface area contributed by atoms with Crippen molar-refractivity contribution in [3.05, 3.63) is 47.0 Å². The Bertz CT molecular complexity index is 594. The minimum absolute atomic E-state index is 0.191. The number of nitrogens with two attached hydrogens (primary N) is 1. The van der Waals surface area contributed by atoms with Gasteiger partial charge in [0.15, 0.2) is 5.69 Å². The van der Waals surface area contributed by atoms with Gasteiger partial charge >= 0.3 is 0 Å². The number of amides is 1. The lowest BCUT2D eigenvalue weighted by atomic mass is 10.1. The summed E-state index contributed by atoms with van der Waals surface area (Å²) < 4.78 is 13.0. The minimum Gasteiger partial charge on any atom is -0.395 e. The topological polar surface area (TPSA) is 83.8 Å². The number of halogens is 1. The summed E-state index contributed by atoms with van der Waals surface area (Å²) in [5.41, 5.74) is 7.73. The van der Waals surface area contributed by atoms with Gasteiger partial charge in [-0.1, -0.05) is 12.1 Å². The van der Waals surface area contributed by atoms with Crippen LogP contribution in [0.1, 0.15) is 21.7 Å². The second kappa shape index (κ2) is 5.51. The molecular formula is C13H15FN4O. The Morgan fingerprint density at radius 2 is 2.32 bits per heavy atom. The third-order valence-corrected chi connectivity index (χ3v) is 2.80. The summed E-state index contributed by atoms with van der Waals surface area (Å²) in [6, 6.07) is 6.28. The van der Waals surface area contributed by atoms with Gasteiger partial charge in [-0.25, -0.2) is 4.39 Å². The van der Waals surface area contributed by atoms with E-state index in [9.17, 15) is 9.18 Å². The second-order valence-electron chi connectivity index (χ2n) is 4.25. The lowest BCUT2D eigenvalue weighted by Crippen LogP contribution is -2.26. The van der Waals surface area contributed by atoms with Crippen molar-refractivity contribution >= 4 is 11.6 Å². The number of carbonyl (C=O) groups is 1. The highest BCUT2D eigenvalue weighted by Gasteiger charge is 2.14. The lowest BCUT2D eigenvalue weighted by molar-refractivity contribution is 0.0950. The first-order valence-corrected chi connectivity index (χ1v) is 5.91. The van der Waals surface area contributed by atoms with Gasteiger partial charge in [0.2, 0.25) is 0 Å². The molecule has 1 amide bonds. The highest BCUT2D eigenvalue weighted by molar-refractivity contribution is 5.97. The summed E-state index contributed by atoms with van der Waals surface area (Å²) in [6.07, 6.45) is 0.548. The van der Waals surface area contributed by atoms with Gasteiger partial charge in [0.25, 0.3) is 5.91 Å². The molecule has 1 aromatic carbocycles. The average Bonchev–Trinajstić information content (AvgIpc) is 2.70. The molecule has 0 aliphatic carbocycles. The Hall–Kier alpha value is -2.37. The van der Waals surface area contributed by atoms with Crippen LogP contribution in [0.15, 0.2) is 24.3 Å². The van der Waals surface area contributed by atoms with Gasteiger partial charge in [-0.05, 0) is 31.0 Å². The quantitative estimate of drug-likeness (QED) is 0.779. The van der Waals surface area contributed by atoms with Crippen LogP contribution >= 0.6 is 0 Å². The molecule has 0 unspecified atom stereocenters. The first kappa shape index (κ1) is 13.1. The van der Waals surface area contributed by atoms with E-state index in [-0.39, 0.29) is 17.4 Å². The Kier molecular flexibility index (Phi) is 3.79. The number of aromatic amines is 1. The number of benzene rings is 1. The molecule has 5 nitrogen and oxygen atoms in total. The average molecular weight is 262 g/mol. The fourth-order valence-corrected chi connectivity index (χ4v) is 1.71. The maximum absolute atomic E-state index is 13.0. The van der Waals surface area contributed by atoms with Gasteiger partial charge in [0.1, 0.15) is 5.82 Å². The van der Waals surface area contributed by atoms with Gasteiger partial charge in [0.05, 0.1) is 11.4 Å². The van der Waals surface area contributed by atoms with Crippen LogP contribution in [0.3, 0.4) is 0 Å². The zero-order chi connectivity index (χ0) is 13.8. The summed E-state index contributed by atoms with van der Waals surface area (Å²) >= 11 is 0. The van der Waals surface area contributed by atoms with Crippen molar-refractivity contribution < 1.29 is 9.18 Å². The zero-order valence-corrected chi connectivity index (χ0v) is 10.5. The molecule has 2 rings (SSSR count). The monoisotopic (exact) mass is 262 g/mol. The fraction of sp³-hybridized carbons (Fsp3) is 0.231. The first-order valence-electron chi connectivity index (χ1n) is 5.91. The fourth-order valence-electron chi connectivity index (χ4n) is 1.71. The van der Waals surface area contributed by atoms with Gasteiger partial charge in [-0.2, -0.15) is 5.10 Å². The van der Waals surface area contributed by atoms with E-state index in [0.717, 1.165) is 5.56 Å².